The Labute approximate surface area is 137 Å². The molecule has 0 aliphatic carbocycles. The Kier molecular flexibility index (Phi) is 5.37. The van der Waals surface area contributed by atoms with Crippen LogP contribution in [0.15, 0.2) is 24.3 Å². The molecule has 2 rings (SSSR count). The molecule has 0 unspecified atom stereocenters. The lowest BCUT2D eigenvalue weighted by Gasteiger charge is -2.16. The van der Waals surface area contributed by atoms with Crippen LogP contribution in [0.4, 0.5) is 0 Å². The molecular formula is C19H24O4. The van der Waals surface area contributed by atoms with E-state index >= 15 is 0 Å². The van der Waals surface area contributed by atoms with Crippen LogP contribution in [-0.2, 0) is 6.42 Å². The summed E-state index contributed by atoms with van der Waals surface area (Å²) in [6, 6.07) is 8.04. The number of hydrogen-bond donors (Lipinski definition) is 0. The molecule has 0 heterocycles. The Balaban J connectivity index is 2.46. The van der Waals surface area contributed by atoms with Gasteiger partial charge in [-0.05, 0) is 48.2 Å². The minimum absolute atomic E-state index is 0.710. The van der Waals surface area contributed by atoms with E-state index in [-0.39, 0.29) is 0 Å². The maximum atomic E-state index is 5.52. The summed E-state index contributed by atoms with van der Waals surface area (Å²) in [6.07, 6.45) is 0.710. The number of aryl methyl sites for hydroxylation is 2. The van der Waals surface area contributed by atoms with Crippen LogP contribution in [0.25, 0.3) is 0 Å². The van der Waals surface area contributed by atoms with E-state index in [9.17, 15) is 0 Å². The lowest BCUT2D eigenvalue weighted by molar-refractivity contribution is 0.386. The number of hydrogen-bond acceptors (Lipinski definition) is 4. The molecule has 124 valence electrons. The molecule has 2 aromatic rings. The minimum atomic E-state index is 0.710. The fourth-order valence-electron chi connectivity index (χ4n) is 2.76. The molecule has 0 saturated carbocycles. The van der Waals surface area contributed by atoms with Crippen molar-refractivity contribution in [3.05, 3.63) is 46.5 Å². The molecule has 2 aromatic carbocycles. The van der Waals surface area contributed by atoms with E-state index in [1.807, 2.05) is 26.0 Å². The van der Waals surface area contributed by atoms with Gasteiger partial charge in [0.2, 0.25) is 0 Å². The van der Waals surface area contributed by atoms with Gasteiger partial charge in [-0.2, -0.15) is 0 Å². The molecule has 0 spiro atoms. The average Bonchev–Trinajstić information content (AvgIpc) is 2.55. The van der Waals surface area contributed by atoms with Gasteiger partial charge in [-0.15, -0.1) is 0 Å². The first-order valence-electron chi connectivity index (χ1n) is 7.47. The zero-order valence-corrected chi connectivity index (χ0v) is 14.6. The van der Waals surface area contributed by atoms with E-state index in [4.69, 9.17) is 18.9 Å². The topological polar surface area (TPSA) is 36.9 Å². The molecule has 0 bridgehead atoms. The molecule has 0 saturated heterocycles. The first-order chi connectivity index (χ1) is 11.0. The molecular weight excluding hydrogens is 292 g/mol. The highest BCUT2D eigenvalue weighted by Crippen LogP contribution is 2.34. The zero-order valence-electron chi connectivity index (χ0n) is 14.6. The first kappa shape index (κ1) is 17.0. The van der Waals surface area contributed by atoms with Gasteiger partial charge in [-0.3, -0.25) is 0 Å². The summed E-state index contributed by atoms with van der Waals surface area (Å²) in [5.74, 6) is 3.26. The molecule has 4 nitrogen and oxygen atoms in total. The van der Waals surface area contributed by atoms with Gasteiger partial charge in [0.25, 0.3) is 0 Å². The number of benzene rings is 2. The van der Waals surface area contributed by atoms with E-state index in [2.05, 4.69) is 12.1 Å². The van der Waals surface area contributed by atoms with Gasteiger partial charge in [0, 0.05) is 18.6 Å². The predicted octanol–water partition coefficient (Wildman–Crippen LogP) is 3.93. The van der Waals surface area contributed by atoms with Gasteiger partial charge < -0.3 is 18.9 Å². The summed E-state index contributed by atoms with van der Waals surface area (Å²) in [5.41, 5.74) is 4.34. The van der Waals surface area contributed by atoms with Gasteiger partial charge >= 0.3 is 0 Å². The highest BCUT2D eigenvalue weighted by Gasteiger charge is 2.14. The molecule has 0 aromatic heterocycles. The van der Waals surface area contributed by atoms with Gasteiger partial charge in [0.1, 0.15) is 23.0 Å². The third kappa shape index (κ3) is 3.52. The van der Waals surface area contributed by atoms with Gasteiger partial charge in [-0.25, -0.2) is 0 Å². The zero-order chi connectivity index (χ0) is 17.0. The maximum Gasteiger partial charge on any atom is 0.126 e. The summed E-state index contributed by atoms with van der Waals surface area (Å²) in [7, 11) is 6.67. The second-order valence-corrected chi connectivity index (χ2v) is 5.44. The number of rotatable bonds is 6. The number of methoxy groups -OCH3 is 4. The number of ether oxygens (including phenoxy) is 4. The summed E-state index contributed by atoms with van der Waals surface area (Å²) >= 11 is 0. The van der Waals surface area contributed by atoms with Crippen molar-refractivity contribution in [1.82, 2.24) is 0 Å². The van der Waals surface area contributed by atoms with E-state index in [0.717, 1.165) is 45.3 Å². The standard InChI is InChI=1S/C19H24O4/c1-12-7-14(18(22-5)10-16(12)20-3)9-15-8-13(2)17(21-4)11-19(15)23-6/h7-8,10-11H,9H2,1-6H3. The predicted molar refractivity (Wildman–Crippen MR) is 91.4 cm³/mol. The van der Waals surface area contributed by atoms with E-state index < -0.39 is 0 Å². The highest BCUT2D eigenvalue weighted by atomic mass is 16.5. The van der Waals surface area contributed by atoms with Gasteiger partial charge in [0.05, 0.1) is 28.4 Å². The Morgan fingerprint density at radius 1 is 0.565 bits per heavy atom. The summed E-state index contributed by atoms with van der Waals surface area (Å²) in [6.45, 7) is 4.05. The van der Waals surface area contributed by atoms with Crippen molar-refractivity contribution in [2.75, 3.05) is 28.4 Å². The van der Waals surface area contributed by atoms with E-state index in [0.29, 0.717) is 6.42 Å². The van der Waals surface area contributed by atoms with Crippen molar-refractivity contribution in [2.24, 2.45) is 0 Å². The Hall–Kier alpha value is -2.36. The van der Waals surface area contributed by atoms with Gasteiger partial charge in [-0.1, -0.05) is 0 Å². The van der Waals surface area contributed by atoms with Crippen LogP contribution in [0.1, 0.15) is 22.3 Å². The third-order valence-corrected chi connectivity index (χ3v) is 3.98. The third-order valence-electron chi connectivity index (χ3n) is 3.98. The molecule has 0 amide bonds. The summed E-state index contributed by atoms with van der Waals surface area (Å²) in [4.78, 5) is 0. The summed E-state index contributed by atoms with van der Waals surface area (Å²) < 4.78 is 21.8. The lowest BCUT2D eigenvalue weighted by Crippen LogP contribution is -2.00. The van der Waals surface area contributed by atoms with Crippen molar-refractivity contribution in [3.8, 4) is 23.0 Å². The van der Waals surface area contributed by atoms with Crippen LogP contribution in [0.3, 0.4) is 0 Å². The average molecular weight is 316 g/mol. The minimum Gasteiger partial charge on any atom is -0.496 e. The van der Waals surface area contributed by atoms with E-state index in [1.165, 1.54) is 0 Å². The molecule has 0 radical (unpaired) electrons. The molecule has 23 heavy (non-hydrogen) atoms. The van der Waals surface area contributed by atoms with Crippen molar-refractivity contribution in [1.29, 1.82) is 0 Å². The van der Waals surface area contributed by atoms with Crippen LogP contribution in [0, 0.1) is 13.8 Å². The fourth-order valence-corrected chi connectivity index (χ4v) is 2.76. The largest absolute Gasteiger partial charge is 0.496 e. The van der Waals surface area contributed by atoms with Crippen LogP contribution in [0.5, 0.6) is 23.0 Å². The first-order valence-corrected chi connectivity index (χ1v) is 7.47. The quantitative estimate of drug-likeness (QED) is 0.809. The molecule has 0 N–H and O–H groups in total. The van der Waals surface area contributed by atoms with Crippen LogP contribution in [0.2, 0.25) is 0 Å². The SMILES string of the molecule is COc1cc(OC)c(Cc2cc(C)c(OC)cc2OC)cc1C. The highest BCUT2D eigenvalue weighted by molar-refractivity contribution is 5.52. The molecule has 0 aliphatic heterocycles. The van der Waals surface area contributed by atoms with Crippen molar-refractivity contribution in [2.45, 2.75) is 20.3 Å². The molecule has 0 aliphatic rings. The Morgan fingerprint density at radius 2 is 0.913 bits per heavy atom. The molecule has 0 atom stereocenters. The Bertz CT molecular complexity index is 633. The second-order valence-electron chi connectivity index (χ2n) is 5.44. The van der Waals surface area contributed by atoms with E-state index in [1.54, 1.807) is 28.4 Å². The van der Waals surface area contributed by atoms with Crippen molar-refractivity contribution >= 4 is 0 Å². The van der Waals surface area contributed by atoms with Crippen molar-refractivity contribution in [3.63, 3.8) is 0 Å². The second kappa shape index (κ2) is 7.27. The fraction of sp³-hybridized carbons (Fsp3) is 0.368. The van der Waals surface area contributed by atoms with Crippen LogP contribution < -0.4 is 18.9 Å². The molecule has 4 heteroatoms. The normalized spacial score (nSPS) is 10.3. The van der Waals surface area contributed by atoms with Crippen molar-refractivity contribution < 1.29 is 18.9 Å². The molecule has 0 fully saturated rings. The van der Waals surface area contributed by atoms with Gasteiger partial charge in [0.15, 0.2) is 0 Å². The summed E-state index contributed by atoms with van der Waals surface area (Å²) in [5, 5.41) is 0. The smallest absolute Gasteiger partial charge is 0.126 e. The lowest BCUT2D eigenvalue weighted by atomic mass is 9.99. The monoisotopic (exact) mass is 316 g/mol. The maximum absolute atomic E-state index is 5.52. The Morgan fingerprint density at radius 3 is 1.22 bits per heavy atom. The van der Waals surface area contributed by atoms with Crippen LogP contribution in [-0.4, -0.2) is 28.4 Å². The van der Waals surface area contributed by atoms with Crippen LogP contribution >= 0.6 is 0 Å².